The van der Waals surface area contributed by atoms with Crippen molar-refractivity contribution < 1.29 is 8.78 Å². The van der Waals surface area contributed by atoms with Crippen LogP contribution in [0.15, 0.2) is 29.3 Å². The molecule has 0 N–H and O–H groups in total. The number of likely N-dealkylation sites (tertiary alicyclic amines) is 1. The van der Waals surface area contributed by atoms with Gasteiger partial charge >= 0.3 is 0 Å². The molecule has 1 atom stereocenters. The number of hydrogen-bond acceptors (Lipinski definition) is 2. The average molecular weight is 304 g/mol. The molecule has 1 fully saturated rings. The number of nitriles is 1. The molecular formula is C18H22F2N2. The first-order valence-electron chi connectivity index (χ1n) is 7.64. The Morgan fingerprint density at radius 2 is 2.14 bits per heavy atom. The lowest BCUT2D eigenvalue weighted by Gasteiger charge is -2.33. The van der Waals surface area contributed by atoms with Crippen molar-refractivity contribution in [1.29, 1.82) is 5.26 Å². The van der Waals surface area contributed by atoms with E-state index in [-0.39, 0.29) is 5.54 Å². The minimum absolute atomic E-state index is 0.237. The van der Waals surface area contributed by atoms with Crippen LogP contribution in [0.4, 0.5) is 8.78 Å². The maximum atomic E-state index is 13.7. The topological polar surface area (TPSA) is 27.0 Å². The van der Waals surface area contributed by atoms with Gasteiger partial charge in [-0.3, -0.25) is 4.90 Å². The standard InChI is InChI=1S/C18H22F2N2/c1-13(8-9-14-6-4-7-16(19)17(14)20)15(12-21)18(2)10-5-11-22(18)3/h4,6-7H,5,8-11H2,1-3H3/b15-13-. The molecule has 118 valence electrons. The quantitative estimate of drug-likeness (QED) is 0.779. The van der Waals surface area contributed by atoms with Crippen LogP contribution >= 0.6 is 0 Å². The van der Waals surface area contributed by atoms with Crippen molar-refractivity contribution in [3.8, 4) is 6.07 Å². The van der Waals surface area contributed by atoms with E-state index in [9.17, 15) is 14.0 Å². The zero-order valence-electron chi connectivity index (χ0n) is 13.4. The van der Waals surface area contributed by atoms with Crippen molar-refractivity contribution in [2.45, 2.75) is 45.1 Å². The predicted molar refractivity (Wildman–Crippen MR) is 83.3 cm³/mol. The second-order valence-electron chi connectivity index (χ2n) is 6.28. The van der Waals surface area contributed by atoms with Gasteiger partial charge in [-0.15, -0.1) is 0 Å². The molecule has 0 amide bonds. The first-order valence-corrected chi connectivity index (χ1v) is 7.64. The second-order valence-corrected chi connectivity index (χ2v) is 6.28. The third-order valence-electron chi connectivity index (χ3n) is 4.88. The molecule has 1 unspecified atom stereocenters. The molecule has 22 heavy (non-hydrogen) atoms. The minimum Gasteiger partial charge on any atom is -0.296 e. The van der Waals surface area contributed by atoms with Crippen LogP contribution < -0.4 is 0 Å². The van der Waals surface area contributed by atoms with Crippen molar-refractivity contribution >= 4 is 0 Å². The Kier molecular flexibility index (Phi) is 4.97. The molecule has 1 aliphatic rings. The zero-order chi connectivity index (χ0) is 16.3. The van der Waals surface area contributed by atoms with Gasteiger partial charge in [-0.05, 0) is 64.8 Å². The molecule has 0 saturated carbocycles. The summed E-state index contributed by atoms with van der Waals surface area (Å²) in [6.45, 7) is 4.99. The molecule has 0 spiro atoms. The van der Waals surface area contributed by atoms with E-state index in [0.29, 0.717) is 18.4 Å². The fraction of sp³-hybridized carbons (Fsp3) is 0.500. The van der Waals surface area contributed by atoms with E-state index >= 15 is 0 Å². The maximum Gasteiger partial charge on any atom is 0.162 e. The van der Waals surface area contributed by atoms with Gasteiger partial charge in [0.25, 0.3) is 0 Å². The van der Waals surface area contributed by atoms with Gasteiger partial charge in [0.2, 0.25) is 0 Å². The lowest BCUT2D eigenvalue weighted by Crippen LogP contribution is -2.40. The molecule has 1 saturated heterocycles. The minimum atomic E-state index is -0.817. The van der Waals surface area contributed by atoms with Gasteiger partial charge in [-0.25, -0.2) is 8.78 Å². The van der Waals surface area contributed by atoms with Gasteiger partial charge in [0.05, 0.1) is 11.6 Å². The normalized spacial score (nSPS) is 23.3. The highest BCUT2D eigenvalue weighted by Crippen LogP contribution is 2.36. The number of benzene rings is 1. The predicted octanol–water partition coefficient (Wildman–Crippen LogP) is 4.22. The van der Waals surface area contributed by atoms with Crippen LogP contribution in [-0.4, -0.2) is 24.0 Å². The fourth-order valence-electron chi connectivity index (χ4n) is 3.28. The molecule has 2 nitrogen and oxygen atoms in total. The van der Waals surface area contributed by atoms with Gasteiger partial charge in [-0.2, -0.15) is 5.26 Å². The molecule has 0 radical (unpaired) electrons. The van der Waals surface area contributed by atoms with E-state index in [4.69, 9.17) is 0 Å². The van der Waals surface area contributed by atoms with E-state index in [1.54, 1.807) is 6.07 Å². The monoisotopic (exact) mass is 304 g/mol. The first kappa shape index (κ1) is 16.6. The fourth-order valence-corrected chi connectivity index (χ4v) is 3.28. The Hall–Kier alpha value is -1.73. The average Bonchev–Trinajstić information content (AvgIpc) is 2.81. The van der Waals surface area contributed by atoms with E-state index in [1.807, 2.05) is 14.0 Å². The summed E-state index contributed by atoms with van der Waals surface area (Å²) in [6.07, 6.45) is 3.00. The van der Waals surface area contributed by atoms with Gasteiger partial charge in [-0.1, -0.05) is 17.7 Å². The summed E-state index contributed by atoms with van der Waals surface area (Å²) in [5.74, 6) is -1.60. The molecule has 0 aliphatic carbocycles. The van der Waals surface area contributed by atoms with E-state index < -0.39 is 11.6 Å². The Labute approximate surface area is 131 Å². The number of hydrogen-bond donors (Lipinski definition) is 0. The first-order chi connectivity index (χ1) is 10.4. The highest BCUT2D eigenvalue weighted by Gasteiger charge is 2.38. The van der Waals surface area contributed by atoms with Crippen molar-refractivity contribution in [1.82, 2.24) is 4.90 Å². The smallest absolute Gasteiger partial charge is 0.162 e. The summed E-state index contributed by atoms with van der Waals surface area (Å²) in [4.78, 5) is 2.21. The van der Waals surface area contributed by atoms with Gasteiger partial charge in [0, 0.05) is 5.57 Å². The summed E-state index contributed by atoms with van der Waals surface area (Å²) >= 11 is 0. The summed E-state index contributed by atoms with van der Waals surface area (Å²) < 4.78 is 26.9. The van der Waals surface area contributed by atoms with E-state index in [2.05, 4.69) is 17.9 Å². The molecule has 1 heterocycles. The number of likely N-dealkylation sites (N-methyl/N-ethyl adjacent to an activating group) is 1. The van der Waals surface area contributed by atoms with Crippen LogP contribution in [0, 0.1) is 23.0 Å². The van der Waals surface area contributed by atoms with Gasteiger partial charge in [0.15, 0.2) is 11.6 Å². The number of halogens is 2. The third-order valence-corrected chi connectivity index (χ3v) is 4.88. The number of nitrogens with zero attached hydrogens (tertiary/aromatic N) is 2. The van der Waals surface area contributed by atoms with Crippen LogP contribution in [0.5, 0.6) is 0 Å². The lowest BCUT2D eigenvalue weighted by molar-refractivity contribution is 0.240. The molecule has 0 aromatic heterocycles. The Morgan fingerprint density at radius 1 is 1.41 bits per heavy atom. The second kappa shape index (κ2) is 6.58. The Balaban J connectivity index is 2.20. The van der Waals surface area contributed by atoms with E-state index in [0.717, 1.165) is 36.6 Å². The van der Waals surface area contributed by atoms with E-state index in [1.165, 1.54) is 6.07 Å². The van der Waals surface area contributed by atoms with Crippen molar-refractivity contribution in [2.24, 2.45) is 0 Å². The Bertz CT molecular complexity index is 630. The van der Waals surface area contributed by atoms with Crippen LogP contribution in [0.2, 0.25) is 0 Å². The summed E-state index contributed by atoms with van der Waals surface area (Å²) in [5.41, 5.74) is 1.85. The highest BCUT2D eigenvalue weighted by atomic mass is 19.2. The molecule has 1 aromatic carbocycles. The number of aryl methyl sites for hydroxylation is 1. The highest BCUT2D eigenvalue weighted by molar-refractivity contribution is 5.38. The number of rotatable bonds is 4. The lowest BCUT2D eigenvalue weighted by atomic mass is 9.85. The molecule has 1 aromatic rings. The van der Waals surface area contributed by atoms with Crippen LogP contribution in [0.1, 0.15) is 38.7 Å². The largest absolute Gasteiger partial charge is 0.296 e. The Morgan fingerprint density at radius 3 is 2.73 bits per heavy atom. The molecule has 1 aliphatic heterocycles. The van der Waals surface area contributed by atoms with Gasteiger partial charge in [0.1, 0.15) is 0 Å². The van der Waals surface area contributed by atoms with Crippen LogP contribution in [-0.2, 0) is 6.42 Å². The SMILES string of the molecule is C/C(CCc1cccc(F)c1F)=C(\C#N)C1(C)CCCN1C. The zero-order valence-corrected chi connectivity index (χ0v) is 13.4. The van der Waals surface area contributed by atoms with Crippen molar-refractivity contribution in [2.75, 3.05) is 13.6 Å². The molecule has 2 rings (SSSR count). The summed E-state index contributed by atoms with van der Waals surface area (Å²) in [5, 5.41) is 9.57. The summed E-state index contributed by atoms with van der Waals surface area (Å²) in [7, 11) is 2.03. The molecule has 0 bridgehead atoms. The van der Waals surface area contributed by atoms with Crippen LogP contribution in [0.25, 0.3) is 0 Å². The molecular weight excluding hydrogens is 282 g/mol. The van der Waals surface area contributed by atoms with Gasteiger partial charge < -0.3 is 0 Å². The van der Waals surface area contributed by atoms with Crippen molar-refractivity contribution in [3.63, 3.8) is 0 Å². The van der Waals surface area contributed by atoms with Crippen molar-refractivity contribution in [3.05, 3.63) is 46.5 Å². The maximum absolute atomic E-state index is 13.7. The van der Waals surface area contributed by atoms with Crippen LogP contribution in [0.3, 0.4) is 0 Å². The third kappa shape index (κ3) is 3.05. The molecule has 4 heteroatoms. The summed E-state index contributed by atoms with van der Waals surface area (Å²) in [6, 6.07) is 6.59. The number of allylic oxidation sites excluding steroid dienone is 1.